The Hall–Kier alpha value is -1.10. The summed E-state index contributed by atoms with van der Waals surface area (Å²) in [6.45, 7) is 2.86. The zero-order valence-corrected chi connectivity index (χ0v) is 10.8. The molecule has 0 aliphatic rings. The van der Waals surface area contributed by atoms with Gasteiger partial charge >= 0.3 is 0 Å². The van der Waals surface area contributed by atoms with E-state index >= 15 is 0 Å². The molecular weight excluding hydrogens is 240 g/mol. The fraction of sp³-hybridized carbons (Fsp3) is 0.417. The van der Waals surface area contributed by atoms with Crippen molar-refractivity contribution in [2.75, 3.05) is 33.4 Å². The number of carbonyl (C=O) groups excluding carboxylic acids is 1. The minimum atomic E-state index is -0.0332. The molecule has 0 heterocycles. The monoisotopic (exact) mass is 258 g/mol. The van der Waals surface area contributed by atoms with Crippen LogP contribution >= 0.6 is 12.4 Å². The SMILES string of the molecule is COCCNCCNC(=O)c1ccccc1.Cl. The van der Waals surface area contributed by atoms with Crippen LogP contribution < -0.4 is 10.6 Å². The predicted molar refractivity (Wildman–Crippen MR) is 70.8 cm³/mol. The molecule has 5 heteroatoms. The topological polar surface area (TPSA) is 50.4 Å². The van der Waals surface area contributed by atoms with E-state index in [1.807, 2.05) is 18.2 Å². The van der Waals surface area contributed by atoms with Crippen LogP contribution in [0.1, 0.15) is 10.4 Å². The third kappa shape index (κ3) is 6.94. The number of amides is 1. The average molecular weight is 259 g/mol. The third-order valence-corrected chi connectivity index (χ3v) is 2.11. The molecule has 4 nitrogen and oxygen atoms in total. The molecule has 0 fully saturated rings. The second kappa shape index (κ2) is 10.1. The van der Waals surface area contributed by atoms with Crippen LogP contribution in [0.25, 0.3) is 0 Å². The molecular formula is C12H19ClN2O2. The van der Waals surface area contributed by atoms with Gasteiger partial charge in [-0.25, -0.2) is 0 Å². The average Bonchev–Trinajstić information content (AvgIpc) is 2.34. The largest absolute Gasteiger partial charge is 0.383 e. The van der Waals surface area contributed by atoms with Gasteiger partial charge in [-0.1, -0.05) is 18.2 Å². The van der Waals surface area contributed by atoms with E-state index < -0.39 is 0 Å². The minimum absolute atomic E-state index is 0. The molecule has 0 aliphatic heterocycles. The molecule has 1 rings (SSSR count). The van der Waals surface area contributed by atoms with Gasteiger partial charge in [-0.2, -0.15) is 0 Å². The molecule has 1 amide bonds. The summed E-state index contributed by atoms with van der Waals surface area (Å²) < 4.78 is 4.89. The summed E-state index contributed by atoms with van der Waals surface area (Å²) in [5, 5.41) is 5.99. The highest BCUT2D eigenvalue weighted by atomic mass is 35.5. The Bertz CT molecular complexity index is 307. The lowest BCUT2D eigenvalue weighted by molar-refractivity contribution is 0.0953. The standard InChI is InChI=1S/C12H18N2O2.ClH/c1-16-10-9-13-7-8-14-12(15)11-5-3-2-4-6-11;/h2-6,13H,7-10H2,1H3,(H,14,15);1H. The smallest absolute Gasteiger partial charge is 0.251 e. The lowest BCUT2D eigenvalue weighted by Crippen LogP contribution is -2.33. The van der Waals surface area contributed by atoms with Crippen molar-refractivity contribution in [3.8, 4) is 0 Å². The molecule has 17 heavy (non-hydrogen) atoms. The molecule has 0 saturated heterocycles. The van der Waals surface area contributed by atoms with E-state index in [-0.39, 0.29) is 18.3 Å². The van der Waals surface area contributed by atoms with E-state index in [4.69, 9.17) is 4.74 Å². The number of ether oxygens (including phenoxy) is 1. The molecule has 0 saturated carbocycles. The Morgan fingerprint density at radius 1 is 1.18 bits per heavy atom. The summed E-state index contributed by atoms with van der Waals surface area (Å²) in [7, 11) is 1.67. The first-order chi connectivity index (χ1) is 7.84. The highest BCUT2D eigenvalue weighted by molar-refractivity contribution is 5.94. The van der Waals surface area contributed by atoms with Gasteiger partial charge in [0, 0.05) is 32.3 Å². The van der Waals surface area contributed by atoms with Gasteiger partial charge in [-0.15, -0.1) is 12.4 Å². The van der Waals surface area contributed by atoms with Crippen molar-refractivity contribution in [2.24, 2.45) is 0 Å². The van der Waals surface area contributed by atoms with Crippen LogP contribution in [0.15, 0.2) is 30.3 Å². The van der Waals surface area contributed by atoms with Crippen LogP contribution in [0, 0.1) is 0 Å². The Morgan fingerprint density at radius 2 is 1.88 bits per heavy atom. The van der Waals surface area contributed by atoms with Gasteiger partial charge in [0.2, 0.25) is 0 Å². The van der Waals surface area contributed by atoms with E-state index in [2.05, 4.69) is 10.6 Å². The Morgan fingerprint density at radius 3 is 2.53 bits per heavy atom. The predicted octanol–water partition coefficient (Wildman–Crippen LogP) is 1.07. The second-order valence-corrected chi connectivity index (χ2v) is 3.36. The first-order valence-corrected chi connectivity index (χ1v) is 5.37. The number of benzene rings is 1. The van der Waals surface area contributed by atoms with Gasteiger partial charge in [0.15, 0.2) is 0 Å². The van der Waals surface area contributed by atoms with Crippen molar-refractivity contribution in [1.82, 2.24) is 10.6 Å². The maximum absolute atomic E-state index is 11.6. The molecule has 2 N–H and O–H groups in total. The van der Waals surface area contributed by atoms with E-state index in [9.17, 15) is 4.79 Å². The van der Waals surface area contributed by atoms with Crippen molar-refractivity contribution < 1.29 is 9.53 Å². The first-order valence-electron chi connectivity index (χ1n) is 5.37. The molecule has 96 valence electrons. The number of methoxy groups -OCH3 is 1. The number of halogens is 1. The van der Waals surface area contributed by atoms with Gasteiger partial charge in [0.25, 0.3) is 5.91 Å². The van der Waals surface area contributed by atoms with Crippen LogP contribution in [0.2, 0.25) is 0 Å². The van der Waals surface area contributed by atoms with Crippen LogP contribution in [0.5, 0.6) is 0 Å². The zero-order valence-electron chi connectivity index (χ0n) is 9.94. The van der Waals surface area contributed by atoms with Crippen molar-refractivity contribution in [3.63, 3.8) is 0 Å². The quantitative estimate of drug-likeness (QED) is 0.720. The molecule has 0 bridgehead atoms. The van der Waals surface area contributed by atoms with Crippen molar-refractivity contribution in [2.45, 2.75) is 0 Å². The fourth-order valence-electron chi connectivity index (χ4n) is 1.26. The Kier molecular flexibility index (Phi) is 9.43. The fourth-order valence-corrected chi connectivity index (χ4v) is 1.26. The van der Waals surface area contributed by atoms with E-state index in [0.29, 0.717) is 18.7 Å². The van der Waals surface area contributed by atoms with Crippen LogP contribution in [-0.2, 0) is 4.74 Å². The van der Waals surface area contributed by atoms with E-state index in [1.165, 1.54) is 0 Å². The highest BCUT2D eigenvalue weighted by Gasteiger charge is 2.01. The van der Waals surface area contributed by atoms with Gasteiger partial charge < -0.3 is 15.4 Å². The van der Waals surface area contributed by atoms with Crippen molar-refractivity contribution >= 4 is 18.3 Å². The number of carbonyl (C=O) groups is 1. The maximum atomic E-state index is 11.6. The molecule has 1 aromatic carbocycles. The van der Waals surface area contributed by atoms with Crippen molar-refractivity contribution in [1.29, 1.82) is 0 Å². The summed E-state index contributed by atoms with van der Waals surface area (Å²) in [6.07, 6.45) is 0. The van der Waals surface area contributed by atoms with E-state index in [1.54, 1.807) is 19.2 Å². The van der Waals surface area contributed by atoms with Crippen LogP contribution in [0.3, 0.4) is 0 Å². The van der Waals surface area contributed by atoms with Gasteiger partial charge in [-0.3, -0.25) is 4.79 Å². The summed E-state index contributed by atoms with van der Waals surface area (Å²) >= 11 is 0. The summed E-state index contributed by atoms with van der Waals surface area (Å²) in [5.74, 6) is -0.0332. The van der Waals surface area contributed by atoms with Crippen LogP contribution in [0.4, 0.5) is 0 Å². The third-order valence-electron chi connectivity index (χ3n) is 2.11. The lowest BCUT2D eigenvalue weighted by atomic mass is 10.2. The van der Waals surface area contributed by atoms with Gasteiger partial charge in [0.1, 0.15) is 0 Å². The van der Waals surface area contributed by atoms with Crippen molar-refractivity contribution in [3.05, 3.63) is 35.9 Å². The molecule has 0 unspecified atom stereocenters. The molecule has 0 radical (unpaired) electrons. The molecule has 0 aliphatic carbocycles. The molecule has 0 atom stereocenters. The van der Waals surface area contributed by atoms with E-state index in [0.717, 1.165) is 13.1 Å². The summed E-state index contributed by atoms with van der Waals surface area (Å²) in [4.78, 5) is 11.6. The minimum Gasteiger partial charge on any atom is -0.383 e. The maximum Gasteiger partial charge on any atom is 0.251 e. The summed E-state index contributed by atoms with van der Waals surface area (Å²) in [5.41, 5.74) is 0.694. The molecule has 1 aromatic rings. The molecule has 0 aromatic heterocycles. The van der Waals surface area contributed by atoms with Gasteiger partial charge in [0.05, 0.1) is 6.61 Å². The number of hydrogen-bond donors (Lipinski definition) is 2. The number of rotatable bonds is 7. The Labute approximate surface area is 108 Å². The molecule has 0 spiro atoms. The normalized spacial score (nSPS) is 9.47. The highest BCUT2D eigenvalue weighted by Crippen LogP contribution is 1.96. The second-order valence-electron chi connectivity index (χ2n) is 3.36. The zero-order chi connectivity index (χ0) is 11.6. The summed E-state index contributed by atoms with van der Waals surface area (Å²) in [6, 6.07) is 9.20. The Balaban J connectivity index is 0.00000256. The lowest BCUT2D eigenvalue weighted by Gasteiger charge is -2.06. The first kappa shape index (κ1) is 15.9. The van der Waals surface area contributed by atoms with Crippen LogP contribution in [-0.4, -0.2) is 39.3 Å². The number of hydrogen-bond acceptors (Lipinski definition) is 3. The van der Waals surface area contributed by atoms with Gasteiger partial charge in [-0.05, 0) is 12.1 Å². The number of nitrogens with one attached hydrogen (secondary N) is 2.